The van der Waals surface area contributed by atoms with Crippen molar-refractivity contribution in [3.63, 3.8) is 0 Å². The van der Waals surface area contributed by atoms with Crippen molar-refractivity contribution in [2.24, 2.45) is 0 Å². The van der Waals surface area contributed by atoms with Crippen LogP contribution >= 0.6 is 0 Å². The molecule has 0 aromatic heterocycles. The second-order valence-corrected chi connectivity index (χ2v) is 5.83. The van der Waals surface area contributed by atoms with Gasteiger partial charge >= 0.3 is 0 Å². The van der Waals surface area contributed by atoms with Crippen LogP contribution in [0.25, 0.3) is 0 Å². The second kappa shape index (κ2) is 6.79. The minimum Gasteiger partial charge on any atom is -0.489 e. The number of nitrogens with zero attached hydrogens (tertiary/aromatic N) is 1. The van der Waals surface area contributed by atoms with Gasteiger partial charge in [-0.05, 0) is 42.3 Å². The maximum Gasteiger partial charge on any atom is 0.123 e. The molecule has 4 nitrogen and oxygen atoms in total. The normalized spacial score (nSPS) is 18.0. The summed E-state index contributed by atoms with van der Waals surface area (Å²) < 4.78 is 18.9. The van der Waals surface area contributed by atoms with Crippen molar-refractivity contribution < 1.29 is 9.13 Å². The number of hydrogen-bond donors (Lipinski definition) is 2. The third-order valence-electron chi connectivity index (χ3n) is 4.07. The third-order valence-corrected chi connectivity index (χ3v) is 4.07. The summed E-state index contributed by atoms with van der Waals surface area (Å²) in [4.78, 5) is 2.30. The van der Waals surface area contributed by atoms with Crippen LogP contribution in [0.5, 0.6) is 5.75 Å². The first-order chi connectivity index (χ1) is 11.1. The molecule has 0 radical (unpaired) electrons. The molecular weight excluding hydrogens is 293 g/mol. The summed E-state index contributed by atoms with van der Waals surface area (Å²) in [6, 6.07) is 12.0. The Morgan fingerprint density at radius 2 is 2.04 bits per heavy atom. The summed E-state index contributed by atoms with van der Waals surface area (Å²) in [5.41, 5.74) is 8.14. The number of rotatable bonds is 5. The number of hydrogen-bond acceptors (Lipinski definition) is 4. The predicted molar refractivity (Wildman–Crippen MR) is 89.5 cm³/mol. The van der Waals surface area contributed by atoms with Crippen LogP contribution in [0, 0.1) is 11.2 Å². The number of nitrogens with one attached hydrogen (secondary N) is 1. The Morgan fingerprint density at radius 3 is 2.78 bits per heavy atom. The van der Waals surface area contributed by atoms with E-state index in [0.717, 1.165) is 37.4 Å². The molecule has 3 N–H and O–H groups in total. The molecule has 3 rings (SSSR count). The minimum absolute atomic E-state index is 0.123. The van der Waals surface area contributed by atoms with Gasteiger partial charge < -0.3 is 15.9 Å². The lowest BCUT2D eigenvalue weighted by Crippen LogP contribution is -2.24. The fourth-order valence-corrected chi connectivity index (χ4v) is 2.83. The molecule has 1 unspecified atom stereocenters. The molecular formula is C18H20FN3O. The Labute approximate surface area is 135 Å². The largest absolute Gasteiger partial charge is 0.489 e. The zero-order valence-corrected chi connectivity index (χ0v) is 12.8. The summed E-state index contributed by atoms with van der Waals surface area (Å²) in [5, 5.41) is 7.34. The standard InChI is InChI=1S/C18H20FN3O/c19-15-3-1-13(2-4-15)11-22-8-7-17(12-22)23-16-5-6-18(21)14(9-16)10-20/h1-6,9-10,17,20H,7-8,11-12,21H2. The highest BCUT2D eigenvalue weighted by molar-refractivity contribution is 5.85. The molecule has 23 heavy (non-hydrogen) atoms. The number of likely N-dealkylation sites (tertiary alicyclic amines) is 1. The molecule has 1 fully saturated rings. The van der Waals surface area contributed by atoms with Crippen LogP contribution in [0.2, 0.25) is 0 Å². The third kappa shape index (κ3) is 3.87. The molecule has 2 aromatic rings. The van der Waals surface area contributed by atoms with E-state index >= 15 is 0 Å². The van der Waals surface area contributed by atoms with E-state index in [1.165, 1.54) is 18.3 Å². The summed E-state index contributed by atoms with van der Waals surface area (Å²) in [6.07, 6.45) is 2.31. The quantitative estimate of drug-likeness (QED) is 0.659. The van der Waals surface area contributed by atoms with Gasteiger partial charge in [0.1, 0.15) is 17.7 Å². The Kier molecular flexibility index (Phi) is 4.57. The average molecular weight is 313 g/mol. The molecule has 2 aromatic carbocycles. The van der Waals surface area contributed by atoms with Crippen molar-refractivity contribution in [1.29, 1.82) is 5.41 Å². The van der Waals surface area contributed by atoms with Gasteiger partial charge in [-0.2, -0.15) is 0 Å². The van der Waals surface area contributed by atoms with Crippen LogP contribution < -0.4 is 10.5 Å². The number of nitrogens with two attached hydrogens (primary N) is 1. The SMILES string of the molecule is N=Cc1cc(OC2CCN(Cc3ccc(F)cc3)C2)ccc1N. The van der Waals surface area contributed by atoms with Gasteiger partial charge in [0.15, 0.2) is 0 Å². The lowest BCUT2D eigenvalue weighted by atomic mass is 10.2. The van der Waals surface area contributed by atoms with Crippen molar-refractivity contribution >= 4 is 11.9 Å². The maximum absolute atomic E-state index is 12.9. The molecule has 5 heteroatoms. The number of halogens is 1. The van der Waals surface area contributed by atoms with Gasteiger partial charge in [0.05, 0.1) is 0 Å². The van der Waals surface area contributed by atoms with E-state index in [1.54, 1.807) is 12.1 Å². The van der Waals surface area contributed by atoms with E-state index in [-0.39, 0.29) is 11.9 Å². The molecule has 1 saturated heterocycles. The highest BCUT2D eigenvalue weighted by atomic mass is 19.1. The molecule has 1 atom stereocenters. The number of nitrogen functional groups attached to an aromatic ring is 1. The first-order valence-corrected chi connectivity index (χ1v) is 7.67. The molecule has 0 spiro atoms. The van der Waals surface area contributed by atoms with Gasteiger partial charge in [-0.15, -0.1) is 0 Å². The van der Waals surface area contributed by atoms with Gasteiger partial charge in [0.2, 0.25) is 0 Å². The van der Waals surface area contributed by atoms with E-state index in [1.807, 2.05) is 18.2 Å². The highest BCUT2D eigenvalue weighted by Gasteiger charge is 2.24. The van der Waals surface area contributed by atoms with Gasteiger partial charge in [-0.1, -0.05) is 12.1 Å². The molecule has 1 aliphatic heterocycles. The van der Waals surface area contributed by atoms with Gasteiger partial charge in [-0.25, -0.2) is 4.39 Å². The Balaban J connectivity index is 1.57. The van der Waals surface area contributed by atoms with E-state index in [0.29, 0.717) is 11.3 Å². The summed E-state index contributed by atoms with van der Waals surface area (Å²) in [6.45, 7) is 2.59. The van der Waals surface area contributed by atoms with Crippen LogP contribution in [-0.4, -0.2) is 30.3 Å². The van der Waals surface area contributed by atoms with Crippen LogP contribution in [-0.2, 0) is 6.54 Å². The molecule has 0 aliphatic carbocycles. The summed E-state index contributed by atoms with van der Waals surface area (Å²) >= 11 is 0. The van der Waals surface area contributed by atoms with E-state index in [2.05, 4.69) is 4.90 Å². The van der Waals surface area contributed by atoms with Crippen LogP contribution in [0.1, 0.15) is 17.5 Å². The Bertz CT molecular complexity index is 687. The van der Waals surface area contributed by atoms with Crippen LogP contribution in [0.15, 0.2) is 42.5 Å². The Hall–Kier alpha value is -2.40. The first-order valence-electron chi connectivity index (χ1n) is 7.67. The van der Waals surface area contributed by atoms with Gasteiger partial charge in [0, 0.05) is 37.1 Å². The summed E-state index contributed by atoms with van der Waals surface area (Å²) in [5.74, 6) is 0.535. The molecule has 0 saturated carbocycles. The topological polar surface area (TPSA) is 62.3 Å². The predicted octanol–water partition coefficient (Wildman–Crippen LogP) is 3.06. The fourth-order valence-electron chi connectivity index (χ4n) is 2.83. The van der Waals surface area contributed by atoms with Gasteiger partial charge in [-0.3, -0.25) is 4.90 Å². The van der Waals surface area contributed by atoms with Crippen molar-refractivity contribution in [2.75, 3.05) is 18.8 Å². The number of ether oxygens (including phenoxy) is 1. The lowest BCUT2D eigenvalue weighted by molar-refractivity contribution is 0.198. The maximum atomic E-state index is 12.9. The molecule has 1 aliphatic rings. The highest BCUT2D eigenvalue weighted by Crippen LogP contribution is 2.23. The monoisotopic (exact) mass is 313 g/mol. The smallest absolute Gasteiger partial charge is 0.123 e. The zero-order valence-electron chi connectivity index (χ0n) is 12.8. The summed E-state index contributed by atoms with van der Waals surface area (Å²) in [7, 11) is 0. The van der Waals surface area contributed by atoms with Crippen molar-refractivity contribution in [3.8, 4) is 5.75 Å². The molecule has 0 amide bonds. The number of anilines is 1. The second-order valence-electron chi connectivity index (χ2n) is 5.83. The fraction of sp³-hybridized carbons (Fsp3) is 0.278. The van der Waals surface area contributed by atoms with Crippen LogP contribution in [0.3, 0.4) is 0 Å². The van der Waals surface area contributed by atoms with Crippen molar-refractivity contribution in [1.82, 2.24) is 4.90 Å². The van der Waals surface area contributed by atoms with Crippen molar-refractivity contribution in [2.45, 2.75) is 19.1 Å². The van der Waals surface area contributed by atoms with Gasteiger partial charge in [0.25, 0.3) is 0 Å². The lowest BCUT2D eigenvalue weighted by Gasteiger charge is -2.17. The van der Waals surface area contributed by atoms with E-state index < -0.39 is 0 Å². The zero-order chi connectivity index (χ0) is 16.2. The minimum atomic E-state index is -0.207. The molecule has 0 bridgehead atoms. The van der Waals surface area contributed by atoms with E-state index in [9.17, 15) is 4.39 Å². The first kappa shape index (κ1) is 15.5. The van der Waals surface area contributed by atoms with Crippen LogP contribution in [0.4, 0.5) is 10.1 Å². The number of benzene rings is 2. The molecule has 1 heterocycles. The molecule has 120 valence electrons. The van der Waals surface area contributed by atoms with Crippen molar-refractivity contribution in [3.05, 3.63) is 59.4 Å². The Morgan fingerprint density at radius 1 is 1.26 bits per heavy atom. The van der Waals surface area contributed by atoms with E-state index in [4.69, 9.17) is 15.9 Å². The average Bonchev–Trinajstić information content (AvgIpc) is 2.98.